The minimum absolute atomic E-state index is 0.366. The minimum atomic E-state index is 0.366. The molecule has 0 spiro atoms. The van der Waals surface area contributed by atoms with Crippen LogP contribution in [0.3, 0.4) is 0 Å². The number of anilines is 1. The first-order valence-electron chi connectivity index (χ1n) is 7.35. The quantitative estimate of drug-likeness (QED) is 0.926. The van der Waals surface area contributed by atoms with Gasteiger partial charge in [-0.25, -0.2) is 19.9 Å². The Morgan fingerprint density at radius 2 is 2.10 bits per heavy atom. The number of hydrogen-bond acceptors (Lipinski definition) is 6. The number of nitrogens with zero attached hydrogens (tertiary/aromatic N) is 5. The van der Waals surface area contributed by atoms with Crippen LogP contribution in [-0.4, -0.2) is 38.4 Å². The number of nitrogens with one attached hydrogen (secondary N) is 1. The van der Waals surface area contributed by atoms with Gasteiger partial charge in [-0.2, -0.15) is 0 Å². The molecule has 1 N–H and O–H groups in total. The van der Waals surface area contributed by atoms with Gasteiger partial charge in [0, 0.05) is 37.7 Å². The molecule has 3 heterocycles. The van der Waals surface area contributed by atoms with Crippen LogP contribution in [0, 0.1) is 0 Å². The average molecular weight is 284 g/mol. The van der Waals surface area contributed by atoms with Gasteiger partial charge in [-0.15, -0.1) is 0 Å². The van der Waals surface area contributed by atoms with Gasteiger partial charge in [0.2, 0.25) is 5.95 Å². The van der Waals surface area contributed by atoms with Crippen LogP contribution in [0.15, 0.2) is 31.0 Å². The summed E-state index contributed by atoms with van der Waals surface area (Å²) in [7, 11) is 1.82. The van der Waals surface area contributed by atoms with Gasteiger partial charge in [-0.3, -0.25) is 4.90 Å². The first-order chi connectivity index (χ1) is 10.4. The lowest BCUT2D eigenvalue weighted by Crippen LogP contribution is -2.33. The van der Waals surface area contributed by atoms with Crippen molar-refractivity contribution in [2.24, 2.45) is 0 Å². The number of rotatable bonds is 4. The number of hydrogen-bond donors (Lipinski definition) is 1. The number of likely N-dealkylation sites (tertiary alicyclic amines) is 1. The first kappa shape index (κ1) is 13.9. The van der Waals surface area contributed by atoms with Crippen LogP contribution in [0.4, 0.5) is 5.95 Å². The maximum Gasteiger partial charge on any atom is 0.222 e. The van der Waals surface area contributed by atoms with Crippen LogP contribution in [-0.2, 0) is 6.54 Å². The van der Waals surface area contributed by atoms with E-state index in [1.807, 2.05) is 31.7 Å². The Morgan fingerprint density at radius 3 is 2.81 bits per heavy atom. The predicted molar refractivity (Wildman–Crippen MR) is 80.6 cm³/mol. The Morgan fingerprint density at radius 1 is 1.24 bits per heavy atom. The van der Waals surface area contributed by atoms with E-state index in [0.717, 1.165) is 30.8 Å². The zero-order valence-electron chi connectivity index (χ0n) is 12.2. The second-order valence-corrected chi connectivity index (χ2v) is 5.28. The molecule has 0 radical (unpaired) electrons. The third-order valence-electron chi connectivity index (χ3n) is 3.87. The molecule has 0 aliphatic carbocycles. The van der Waals surface area contributed by atoms with E-state index < -0.39 is 0 Å². The Balaban J connectivity index is 1.75. The second-order valence-electron chi connectivity index (χ2n) is 5.28. The lowest BCUT2D eigenvalue weighted by atomic mass is 9.98. The van der Waals surface area contributed by atoms with Crippen molar-refractivity contribution < 1.29 is 0 Å². The van der Waals surface area contributed by atoms with Crippen LogP contribution < -0.4 is 5.32 Å². The largest absolute Gasteiger partial charge is 0.357 e. The Hall–Kier alpha value is -2.08. The molecular formula is C15H20N6. The van der Waals surface area contributed by atoms with E-state index in [4.69, 9.17) is 0 Å². The highest BCUT2D eigenvalue weighted by atomic mass is 15.2. The Labute approximate surface area is 124 Å². The molecule has 21 heavy (non-hydrogen) atoms. The average Bonchev–Trinajstić information content (AvgIpc) is 2.57. The van der Waals surface area contributed by atoms with Gasteiger partial charge in [0.05, 0.1) is 11.7 Å². The highest BCUT2D eigenvalue weighted by Crippen LogP contribution is 2.30. The molecule has 3 rings (SSSR count). The fourth-order valence-corrected chi connectivity index (χ4v) is 2.81. The number of piperidine rings is 1. The molecule has 1 aliphatic rings. The van der Waals surface area contributed by atoms with Crippen molar-refractivity contribution in [2.75, 3.05) is 18.9 Å². The molecule has 1 aliphatic heterocycles. The Bertz CT molecular complexity index is 556. The van der Waals surface area contributed by atoms with Gasteiger partial charge >= 0.3 is 0 Å². The first-order valence-corrected chi connectivity index (χ1v) is 7.35. The summed E-state index contributed by atoms with van der Waals surface area (Å²) in [6.07, 6.45) is 10.9. The van der Waals surface area contributed by atoms with Crippen LogP contribution in [0.25, 0.3) is 0 Å². The molecule has 0 unspecified atom stereocenters. The molecule has 0 amide bonds. The lowest BCUT2D eigenvalue weighted by Gasteiger charge is -2.35. The van der Waals surface area contributed by atoms with Crippen LogP contribution in [0.5, 0.6) is 0 Å². The van der Waals surface area contributed by atoms with Crippen molar-refractivity contribution in [2.45, 2.75) is 31.8 Å². The molecule has 2 aromatic heterocycles. The second kappa shape index (κ2) is 6.58. The van der Waals surface area contributed by atoms with Gasteiger partial charge < -0.3 is 5.32 Å². The maximum atomic E-state index is 4.43. The summed E-state index contributed by atoms with van der Waals surface area (Å²) in [6, 6.07) is 2.38. The highest BCUT2D eigenvalue weighted by Gasteiger charge is 2.25. The van der Waals surface area contributed by atoms with Gasteiger partial charge in [0.25, 0.3) is 0 Å². The van der Waals surface area contributed by atoms with Gasteiger partial charge in [-0.1, -0.05) is 6.42 Å². The zero-order valence-corrected chi connectivity index (χ0v) is 12.2. The molecular weight excluding hydrogens is 264 g/mol. The monoisotopic (exact) mass is 284 g/mol. The molecule has 1 fully saturated rings. The molecule has 6 heteroatoms. The summed E-state index contributed by atoms with van der Waals surface area (Å²) in [5.74, 6) is 0.657. The van der Waals surface area contributed by atoms with Crippen molar-refractivity contribution in [1.82, 2.24) is 24.8 Å². The fourth-order valence-electron chi connectivity index (χ4n) is 2.81. The van der Waals surface area contributed by atoms with E-state index in [2.05, 4.69) is 30.2 Å². The third-order valence-corrected chi connectivity index (χ3v) is 3.87. The van der Waals surface area contributed by atoms with E-state index >= 15 is 0 Å². The lowest BCUT2D eigenvalue weighted by molar-refractivity contribution is 0.137. The van der Waals surface area contributed by atoms with Crippen LogP contribution in [0.2, 0.25) is 0 Å². The molecule has 1 saturated heterocycles. The van der Waals surface area contributed by atoms with E-state index in [1.165, 1.54) is 12.8 Å². The number of aromatic nitrogens is 4. The van der Waals surface area contributed by atoms with Crippen molar-refractivity contribution in [3.63, 3.8) is 0 Å². The molecule has 1 atom stereocenters. The smallest absolute Gasteiger partial charge is 0.222 e. The molecule has 2 aromatic rings. The fraction of sp³-hybridized carbons (Fsp3) is 0.467. The van der Waals surface area contributed by atoms with E-state index in [0.29, 0.717) is 12.0 Å². The summed E-state index contributed by atoms with van der Waals surface area (Å²) >= 11 is 0. The van der Waals surface area contributed by atoms with Crippen LogP contribution in [0.1, 0.15) is 36.6 Å². The van der Waals surface area contributed by atoms with Crippen LogP contribution >= 0.6 is 0 Å². The van der Waals surface area contributed by atoms with E-state index in [9.17, 15) is 0 Å². The Kier molecular flexibility index (Phi) is 4.35. The molecule has 0 aromatic carbocycles. The molecule has 6 nitrogen and oxygen atoms in total. The van der Waals surface area contributed by atoms with Gasteiger partial charge in [0.15, 0.2) is 0 Å². The summed E-state index contributed by atoms with van der Waals surface area (Å²) in [6.45, 7) is 1.95. The molecule has 0 saturated carbocycles. The van der Waals surface area contributed by atoms with E-state index in [-0.39, 0.29) is 0 Å². The van der Waals surface area contributed by atoms with Crippen molar-refractivity contribution in [3.05, 3.63) is 42.2 Å². The van der Waals surface area contributed by atoms with E-state index in [1.54, 1.807) is 6.33 Å². The summed E-state index contributed by atoms with van der Waals surface area (Å²) in [4.78, 5) is 19.5. The topological polar surface area (TPSA) is 66.8 Å². The van der Waals surface area contributed by atoms with Crippen molar-refractivity contribution >= 4 is 5.95 Å². The normalized spacial score (nSPS) is 19.4. The summed E-state index contributed by atoms with van der Waals surface area (Å²) in [5, 5.41) is 2.94. The van der Waals surface area contributed by atoms with Gasteiger partial charge in [-0.05, 0) is 25.5 Å². The molecule has 0 bridgehead atoms. The summed E-state index contributed by atoms with van der Waals surface area (Å²) in [5.41, 5.74) is 2.24. The minimum Gasteiger partial charge on any atom is -0.357 e. The SMILES string of the molecule is CNc1ncc(CN2CCCC[C@H]2c2ccncn2)cn1. The predicted octanol–water partition coefficient (Wildman–Crippen LogP) is 2.04. The summed E-state index contributed by atoms with van der Waals surface area (Å²) < 4.78 is 0. The van der Waals surface area contributed by atoms with Crippen molar-refractivity contribution in [3.8, 4) is 0 Å². The zero-order chi connectivity index (χ0) is 14.5. The standard InChI is InChI=1S/C15H20N6/c1-16-15-18-8-12(9-19-15)10-21-7-3-2-4-14(21)13-5-6-17-11-20-13/h5-6,8-9,11,14H,2-4,7,10H2,1H3,(H,16,18,19)/t14-/m0/s1. The highest BCUT2D eigenvalue weighted by molar-refractivity contribution is 5.23. The molecule has 110 valence electrons. The van der Waals surface area contributed by atoms with Crippen molar-refractivity contribution in [1.29, 1.82) is 0 Å². The third kappa shape index (κ3) is 3.33. The van der Waals surface area contributed by atoms with Gasteiger partial charge in [0.1, 0.15) is 6.33 Å². The maximum absolute atomic E-state index is 4.43.